The third-order valence-corrected chi connectivity index (χ3v) is 7.59. The van der Waals surface area contributed by atoms with Crippen LogP contribution in [0.2, 0.25) is 10.2 Å². The fraction of sp³-hybridized carbons (Fsp3) is 0.360. The lowest BCUT2D eigenvalue weighted by Crippen LogP contribution is -2.21. The van der Waals surface area contributed by atoms with Crippen molar-refractivity contribution in [2.45, 2.75) is 57.3 Å². The molecule has 1 saturated carbocycles. The lowest BCUT2D eigenvalue weighted by molar-refractivity contribution is -0.0505. The Kier molecular flexibility index (Phi) is 6.89. The quantitative estimate of drug-likeness (QED) is 0.274. The largest absolute Gasteiger partial charge is 0.434 e. The van der Waals surface area contributed by atoms with Crippen molar-refractivity contribution in [1.29, 1.82) is 0 Å². The molecular formula is C25H23Cl2F3N4O2. The summed E-state index contributed by atoms with van der Waals surface area (Å²) in [4.78, 5) is 7.57. The number of H-pyrrole nitrogens is 1. The topological polar surface area (TPSA) is 76.0 Å². The Hall–Kier alpha value is -2.75. The molecule has 1 atom stereocenters. The smallest absolute Gasteiger partial charge is 0.387 e. The highest BCUT2D eigenvalue weighted by Gasteiger charge is 2.26. The Morgan fingerprint density at radius 2 is 1.92 bits per heavy atom. The zero-order valence-electron chi connectivity index (χ0n) is 19.2. The zero-order chi connectivity index (χ0) is 25.6. The van der Waals surface area contributed by atoms with E-state index in [9.17, 15) is 18.3 Å². The Morgan fingerprint density at radius 3 is 2.64 bits per heavy atom. The second kappa shape index (κ2) is 9.95. The summed E-state index contributed by atoms with van der Waals surface area (Å²) in [6.45, 7) is -1.35. The second-order valence-electron chi connectivity index (χ2n) is 8.99. The Balaban J connectivity index is 1.53. The van der Waals surface area contributed by atoms with E-state index in [1.807, 2.05) is 6.07 Å². The molecule has 1 aromatic carbocycles. The van der Waals surface area contributed by atoms with Crippen molar-refractivity contribution < 1.29 is 23.0 Å². The van der Waals surface area contributed by atoms with E-state index in [1.165, 1.54) is 0 Å². The van der Waals surface area contributed by atoms with Crippen molar-refractivity contribution in [3.63, 3.8) is 0 Å². The van der Waals surface area contributed by atoms with Crippen LogP contribution in [0.4, 0.5) is 13.2 Å². The van der Waals surface area contributed by atoms with E-state index in [1.54, 1.807) is 30.2 Å². The highest BCUT2D eigenvalue weighted by atomic mass is 35.5. The average Bonchev–Trinajstić information content (AvgIpc) is 3.44. The van der Waals surface area contributed by atoms with E-state index >= 15 is 0 Å². The fourth-order valence-corrected chi connectivity index (χ4v) is 5.59. The number of nitrogens with zero attached hydrogens (tertiary/aromatic N) is 3. The summed E-state index contributed by atoms with van der Waals surface area (Å²) >= 11 is 12.9. The van der Waals surface area contributed by atoms with Gasteiger partial charge in [0, 0.05) is 40.4 Å². The number of aromatic amines is 1. The SMILES string of the molecule is C[C@H](c1c(OC(F)F)ccc(F)c1Cl)c1c[nH]c2ncc(-c3cnn([C@H]4CC[C@H](O)CC4)c3Cl)cc12. The molecule has 1 aliphatic rings. The highest BCUT2D eigenvalue weighted by molar-refractivity contribution is 6.32. The van der Waals surface area contributed by atoms with Crippen LogP contribution in [0.25, 0.3) is 22.2 Å². The minimum atomic E-state index is -3.08. The first kappa shape index (κ1) is 24.9. The maximum Gasteiger partial charge on any atom is 0.387 e. The third kappa shape index (κ3) is 4.55. The van der Waals surface area contributed by atoms with Gasteiger partial charge in [0.1, 0.15) is 22.4 Å². The molecule has 0 bridgehead atoms. The van der Waals surface area contributed by atoms with Crippen LogP contribution in [0.3, 0.4) is 0 Å². The summed E-state index contributed by atoms with van der Waals surface area (Å²) in [6, 6.07) is 4.13. The number of pyridine rings is 1. The molecule has 6 nitrogen and oxygen atoms in total. The zero-order valence-corrected chi connectivity index (χ0v) is 20.7. The number of fused-ring (bicyclic) bond motifs is 1. The molecule has 0 saturated heterocycles. The molecule has 36 heavy (non-hydrogen) atoms. The third-order valence-electron chi connectivity index (χ3n) is 6.83. The Morgan fingerprint density at radius 1 is 1.17 bits per heavy atom. The van der Waals surface area contributed by atoms with Crippen LogP contribution in [-0.2, 0) is 0 Å². The minimum absolute atomic E-state index is 0.109. The van der Waals surface area contributed by atoms with E-state index in [4.69, 9.17) is 23.2 Å². The highest BCUT2D eigenvalue weighted by Crippen LogP contribution is 2.42. The molecule has 0 unspecified atom stereocenters. The summed E-state index contributed by atoms with van der Waals surface area (Å²) in [5.41, 5.74) is 2.78. The van der Waals surface area contributed by atoms with Crippen molar-refractivity contribution in [1.82, 2.24) is 19.7 Å². The van der Waals surface area contributed by atoms with Gasteiger partial charge in [0.15, 0.2) is 0 Å². The normalized spacial score (nSPS) is 19.2. The number of benzene rings is 1. The van der Waals surface area contributed by atoms with Crippen LogP contribution in [0.1, 0.15) is 55.7 Å². The molecule has 2 N–H and O–H groups in total. The molecule has 1 fully saturated rings. The molecule has 190 valence electrons. The average molecular weight is 539 g/mol. The van der Waals surface area contributed by atoms with Gasteiger partial charge in [-0.15, -0.1) is 0 Å². The Bertz CT molecular complexity index is 1400. The molecule has 5 rings (SSSR count). The van der Waals surface area contributed by atoms with Crippen molar-refractivity contribution >= 4 is 34.2 Å². The van der Waals surface area contributed by atoms with Gasteiger partial charge in [-0.3, -0.25) is 4.68 Å². The van der Waals surface area contributed by atoms with E-state index in [0.29, 0.717) is 40.2 Å². The number of hydrogen-bond acceptors (Lipinski definition) is 4. The van der Waals surface area contributed by atoms with Crippen molar-refractivity contribution in [2.75, 3.05) is 0 Å². The van der Waals surface area contributed by atoms with Crippen molar-refractivity contribution in [3.05, 3.63) is 63.9 Å². The van der Waals surface area contributed by atoms with Crippen LogP contribution < -0.4 is 4.74 Å². The number of nitrogens with one attached hydrogen (secondary N) is 1. The van der Waals surface area contributed by atoms with Gasteiger partial charge in [0.05, 0.1) is 23.4 Å². The summed E-state index contributed by atoms with van der Waals surface area (Å²) in [6.07, 6.45) is 7.75. The maximum atomic E-state index is 14.3. The lowest BCUT2D eigenvalue weighted by Gasteiger charge is -2.26. The number of aliphatic hydroxyl groups is 1. The van der Waals surface area contributed by atoms with Gasteiger partial charge in [-0.2, -0.15) is 13.9 Å². The van der Waals surface area contributed by atoms with Crippen LogP contribution in [0, 0.1) is 5.82 Å². The van der Waals surface area contributed by atoms with Gasteiger partial charge in [-0.05, 0) is 49.4 Å². The van der Waals surface area contributed by atoms with E-state index in [2.05, 4.69) is 19.8 Å². The Labute approximate surface area is 215 Å². The number of ether oxygens (including phenoxy) is 1. The van der Waals surface area contributed by atoms with Gasteiger partial charge >= 0.3 is 6.61 Å². The van der Waals surface area contributed by atoms with Gasteiger partial charge in [0.2, 0.25) is 0 Å². The number of halogens is 5. The number of alkyl halides is 2. The molecule has 3 heterocycles. The molecule has 1 aliphatic carbocycles. The van der Waals surface area contributed by atoms with Crippen LogP contribution in [-0.4, -0.2) is 37.6 Å². The molecule has 3 aromatic heterocycles. The number of hydrogen-bond donors (Lipinski definition) is 2. The predicted molar refractivity (Wildman–Crippen MR) is 131 cm³/mol. The van der Waals surface area contributed by atoms with Crippen molar-refractivity contribution in [2.24, 2.45) is 0 Å². The van der Waals surface area contributed by atoms with Gasteiger partial charge in [-0.25, -0.2) is 9.37 Å². The van der Waals surface area contributed by atoms with Crippen LogP contribution in [0.5, 0.6) is 5.75 Å². The number of aliphatic hydroxyl groups excluding tert-OH is 1. The van der Waals surface area contributed by atoms with E-state index < -0.39 is 18.3 Å². The summed E-state index contributed by atoms with van der Waals surface area (Å²) < 4.78 is 46.7. The van der Waals surface area contributed by atoms with Gasteiger partial charge in [-0.1, -0.05) is 30.1 Å². The monoisotopic (exact) mass is 538 g/mol. The summed E-state index contributed by atoms with van der Waals surface area (Å²) in [5.74, 6) is -1.52. The minimum Gasteiger partial charge on any atom is -0.434 e. The number of rotatable bonds is 6. The van der Waals surface area contributed by atoms with Crippen molar-refractivity contribution in [3.8, 4) is 16.9 Å². The summed E-state index contributed by atoms with van der Waals surface area (Å²) in [7, 11) is 0. The van der Waals surface area contributed by atoms with E-state index in [0.717, 1.165) is 30.5 Å². The molecule has 0 spiro atoms. The maximum absolute atomic E-state index is 14.3. The van der Waals surface area contributed by atoms with Gasteiger partial charge in [0.25, 0.3) is 0 Å². The van der Waals surface area contributed by atoms with Gasteiger partial charge < -0.3 is 14.8 Å². The second-order valence-corrected chi connectivity index (χ2v) is 9.73. The molecule has 0 amide bonds. The molecule has 0 aliphatic heterocycles. The van der Waals surface area contributed by atoms with Crippen LogP contribution in [0.15, 0.2) is 36.8 Å². The molecule has 4 aromatic rings. The first-order chi connectivity index (χ1) is 17.2. The lowest BCUT2D eigenvalue weighted by atomic mass is 9.91. The fourth-order valence-electron chi connectivity index (χ4n) is 4.93. The van der Waals surface area contributed by atoms with E-state index in [-0.39, 0.29) is 28.5 Å². The van der Waals surface area contributed by atoms with Crippen LogP contribution >= 0.6 is 23.2 Å². The first-order valence-corrected chi connectivity index (χ1v) is 12.3. The molecular weight excluding hydrogens is 516 g/mol. The predicted octanol–water partition coefficient (Wildman–Crippen LogP) is 7.10. The molecule has 11 heteroatoms. The standard InChI is InChI=1S/C25H23Cl2F3N4O2/c1-12(21-20(36-25(29)30)7-6-19(28)22(21)26)17-10-32-24-16(17)8-13(9-31-24)18-11-33-34(23(18)27)14-2-4-15(35)5-3-14/h6-12,14-15,25,35H,2-5H2,1H3,(H,31,32)/t12-,14-,15-/m0/s1. The number of aromatic nitrogens is 4. The molecule has 0 radical (unpaired) electrons. The summed E-state index contributed by atoms with van der Waals surface area (Å²) in [5, 5.41) is 15.2. The first-order valence-electron chi connectivity index (χ1n) is 11.6.